The van der Waals surface area contributed by atoms with Crippen molar-refractivity contribution in [3.8, 4) is 0 Å². The Labute approximate surface area is 129 Å². The number of para-hydroxylation sites is 1. The number of amides is 1. The van der Waals surface area contributed by atoms with Gasteiger partial charge >= 0.3 is 0 Å². The Morgan fingerprint density at radius 2 is 2.23 bits per heavy atom. The fraction of sp³-hybridized carbons (Fsp3) is 0.412. The molecule has 5 heteroatoms. The van der Waals surface area contributed by atoms with Crippen molar-refractivity contribution in [3.05, 3.63) is 46.2 Å². The summed E-state index contributed by atoms with van der Waals surface area (Å²) in [6, 6.07) is 9.51. The van der Waals surface area contributed by atoms with Gasteiger partial charge in [-0.1, -0.05) is 25.1 Å². The van der Waals surface area contributed by atoms with Gasteiger partial charge in [-0.15, -0.1) is 0 Å². The fourth-order valence-corrected chi connectivity index (χ4v) is 3.16. The van der Waals surface area contributed by atoms with E-state index in [4.69, 9.17) is 0 Å². The highest BCUT2D eigenvalue weighted by atomic mass is 16.2. The number of aromatic nitrogens is 1. The molecule has 1 aromatic heterocycles. The Morgan fingerprint density at radius 3 is 3.05 bits per heavy atom. The van der Waals surface area contributed by atoms with Crippen molar-refractivity contribution in [2.75, 3.05) is 19.6 Å². The SMILES string of the molecule is CCN1CCCC1CNC(=O)c1cc2ccccc2[nH]c1=O. The molecule has 0 radical (unpaired) electrons. The predicted octanol–water partition coefficient (Wildman–Crippen LogP) is 1.74. The normalized spacial score (nSPS) is 18.7. The van der Waals surface area contributed by atoms with Gasteiger partial charge in [0, 0.05) is 18.1 Å². The Hall–Kier alpha value is -2.14. The molecule has 0 aliphatic carbocycles. The first-order chi connectivity index (χ1) is 10.7. The van der Waals surface area contributed by atoms with E-state index in [-0.39, 0.29) is 17.0 Å². The van der Waals surface area contributed by atoms with Crippen LogP contribution in [0.15, 0.2) is 35.1 Å². The van der Waals surface area contributed by atoms with E-state index in [9.17, 15) is 9.59 Å². The van der Waals surface area contributed by atoms with Crippen molar-refractivity contribution >= 4 is 16.8 Å². The Morgan fingerprint density at radius 1 is 1.41 bits per heavy atom. The van der Waals surface area contributed by atoms with Crippen LogP contribution in [0, 0.1) is 0 Å². The number of hydrogen-bond donors (Lipinski definition) is 2. The fourth-order valence-electron chi connectivity index (χ4n) is 3.16. The second-order valence-electron chi connectivity index (χ2n) is 5.73. The van der Waals surface area contributed by atoms with Gasteiger partial charge in [0.15, 0.2) is 0 Å². The summed E-state index contributed by atoms with van der Waals surface area (Å²) in [5, 5.41) is 3.77. The lowest BCUT2D eigenvalue weighted by Crippen LogP contribution is -2.41. The van der Waals surface area contributed by atoms with Gasteiger partial charge in [-0.05, 0) is 43.5 Å². The van der Waals surface area contributed by atoms with E-state index in [1.54, 1.807) is 6.07 Å². The number of likely N-dealkylation sites (tertiary alicyclic amines) is 1. The Balaban J connectivity index is 1.75. The van der Waals surface area contributed by atoms with Crippen LogP contribution in [0.2, 0.25) is 0 Å². The smallest absolute Gasteiger partial charge is 0.261 e. The number of nitrogens with zero attached hydrogens (tertiary/aromatic N) is 1. The summed E-state index contributed by atoms with van der Waals surface area (Å²) >= 11 is 0. The molecule has 3 rings (SSSR count). The molecule has 22 heavy (non-hydrogen) atoms. The predicted molar refractivity (Wildman–Crippen MR) is 87.2 cm³/mol. The lowest BCUT2D eigenvalue weighted by Gasteiger charge is -2.22. The highest BCUT2D eigenvalue weighted by molar-refractivity contribution is 5.97. The van der Waals surface area contributed by atoms with Gasteiger partial charge in [0.1, 0.15) is 5.56 Å². The number of benzene rings is 1. The number of likely N-dealkylation sites (N-methyl/N-ethyl adjacent to an activating group) is 1. The maximum absolute atomic E-state index is 12.3. The maximum atomic E-state index is 12.3. The molecule has 2 aromatic rings. The van der Waals surface area contributed by atoms with E-state index in [1.807, 2.05) is 24.3 Å². The lowest BCUT2D eigenvalue weighted by molar-refractivity contribution is 0.0940. The molecular formula is C17H21N3O2. The molecule has 1 unspecified atom stereocenters. The third kappa shape index (κ3) is 2.90. The zero-order chi connectivity index (χ0) is 15.5. The summed E-state index contributed by atoms with van der Waals surface area (Å²) < 4.78 is 0. The minimum atomic E-state index is -0.338. The van der Waals surface area contributed by atoms with Crippen molar-refractivity contribution in [2.45, 2.75) is 25.8 Å². The molecule has 1 aliphatic heterocycles. The molecule has 1 fully saturated rings. The summed E-state index contributed by atoms with van der Waals surface area (Å²) in [4.78, 5) is 29.5. The Kier molecular flexibility index (Phi) is 4.24. The van der Waals surface area contributed by atoms with Crippen LogP contribution in [0.4, 0.5) is 0 Å². The van der Waals surface area contributed by atoms with Gasteiger partial charge in [0.25, 0.3) is 11.5 Å². The average Bonchev–Trinajstić information content (AvgIpc) is 2.99. The van der Waals surface area contributed by atoms with Crippen LogP contribution in [-0.2, 0) is 0 Å². The quantitative estimate of drug-likeness (QED) is 0.904. The highest BCUT2D eigenvalue weighted by Gasteiger charge is 2.23. The first kappa shape index (κ1) is 14.8. The van der Waals surface area contributed by atoms with Crippen molar-refractivity contribution in [1.82, 2.24) is 15.2 Å². The average molecular weight is 299 g/mol. The van der Waals surface area contributed by atoms with Crippen LogP contribution in [0.3, 0.4) is 0 Å². The van der Waals surface area contributed by atoms with E-state index in [2.05, 4.69) is 22.1 Å². The molecule has 1 amide bonds. The molecule has 116 valence electrons. The second-order valence-corrected chi connectivity index (χ2v) is 5.73. The molecule has 0 spiro atoms. The number of pyridine rings is 1. The largest absolute Gasteiger partial charge is 0.350 e. The zero-order valence-corrected chi connectivity index (χ0v) is 12.8. The number of carbonyl (C=O) groups excluding carboxylic acids is 1. The van der Waals surface area contributed by atoms with Crippen molar-refractivity contribution < 1.29 is 4.79 Å². The van der Waals surface area contributed by atoms with Crippen LogP contribution in [0.25, 0.3) is 10.9 Å². The topological polar surface area (TPSA) is 65.2 Å². The third-order valence-electron chi connectivity index (χ3n) is 4.40. The zero-order valence-electron chi connectivity index (χ0n) is 12.8. The van der Waals surface area contributed by atoms with E-state index in [0.29, 0.717) is 12.6 Å². The molecular weight excluding hydrogens is 278 g/mol. The van der Waals surface area contributed by atoms with Gasteiger partial charge in [0.2, 0.25) is 0 Å². The van der Waals surface area contributed by atoms with Gasteiger partial charge in [0.05, 0.1) is 0 Å². The number of aromatic amines is 1. The second kappa shape index (κ2) is 6.32. The monoisotopic (exact) mass is 299 g/mol. The van der Waals surface area contributed by atoms with Crippen LogP contribution in [0.5, 0.6) is 0 Å². The van der Waals surface area contributed by atoms with E-state index in [1.165, 1.54) is 6.42 Å². The number of carbonyl (C=O) groups is 1. The summed E-state index contributed by atoms with van der Waals surface area (Å²) in [7, 11) is 0. The number of fused-ring (bicyclic) bond motifs is 1. The third-order valence-corrected chi connectivity index (χ3v) is 4.40. The molecule has 1 aromatic carbocycles. The molecule has 0 saturated carbocycles. The Bertz CT molecular complexity index is 738. The number of nitrogens with one attached hydrogen (secondary N) is 2. The van der Waals surface area contributed by atoms with Crippen molar-refractivity contribution in [1.29, 1.82) is 0 Å². The van der Waals surface area contributed by atoms with Crippen LogP contribution < -0.4 is 10.9 Å². The summed E-state index contributed by atoms with van der Waals surface area (Å²) in [5.41, 5.74) is 0.590. The number of rotatable bonds is 4. The van der Waals surface area contributed by atoms with Crippen molar-refractivity contribution in [3.63, 3.8) is 0 Å². The minimum absolute atomic E-state index is 0.180. The standard InChI is InChI=1S/C17H21N3O2/c1-2-20-9-5-7-13(20)11-18-16(21)14-10-12-6-3-4-8-15(12)19-17(14)22/h3-4,6,8,10,13H,2,5,7,9,11H2,1H3,(H,18,21)(H,19,22). The highest BCUT2D eigenvalue weighted by Crippen LogP contribution is 2.16. The van der Waals surface area contributed by atoms with E-state index in [0.717, 1.165) is 30.4 Å². The van der Waals surface area contributed by atoms with Crippen LogP contribution >= 0.6 is 0 Å². The molecule has 1 aliphatic rings. The molecule has 2 N–H and O–H groups in total. The summed E-state index contributed by atoms with van der Waals surface area (Å²) in [5.74, 6) is -0.296. The lowest BCUT2D eigenvalue weighted by atomic mass is 10.1. The maximum Gasteiger partial charge on any atom is 0.261 e. The molecule has 1 saturated heterocycles. The molecule has 2 heterocycles. The summed E-state index contributed by atoms with van der Waals surface area (Å²) in [6.07, 6.45) is 2.27. The molecule has 5 nitrogen and oxygen atoms in total. The number of hydrogen-bond acceptors (Lipinski definition) is 3. The first-order valence-electron chi connectivity index (χ1n) is 7.83. The molecule has 0 bridgehead atoms. The van der Waals surface area contributed by atoms with Gasteiger partial charge < -0.3 is 10.3 Å². The first-order valence-corrected chi connectivity index (χ1v) is 7.83. The van der Waals surface area contributed by atoms with Crippen LogP contribution in [-0.4, -0.2) is 41.5 Å². The number of H-pyrrole nitrogens is 1. The molecule has 1 atom stereocenters. The van der Waals surface area contributed by atoms with E-state index < -0.39 is 0 Å². The minimum Gasteiger partial charge on any atom is -0.350 e. The van der Waals surface area contributed by atoms with Crippen molar-refractivity contribution in [2.24, 2.45) is 0 Å². The van der Waals surface area contributed by atoms with Crippen LogP contribution in [0.1, 0.15) is 30.1 Å². The summed E-state index contributed by atoms with van der Waals surface area (Å²) in [6.45, 7) is 4.82. The van der Waals surface area contributed by atoms with Gasteiger partial charge in [-0.25, -0.2) is 0 Å². The van der Waals surface area contributed by atoms with E-state index >= 15 is 0 Å². The van der Waals surface area contributed by atoms with Gasteiger partial charge in [-0.2, -0.15) is 0 Å². The van der Waals surface area contributed by atoms with Gasteiger partial charge in [-0.3, -0.25) is 14.5 Å².